The minimum Gasteiger partial charge on any atom is -0.689 e. The fourth-order valence-electron chi connectivity index (χ4n) is 2.88. The molecule has 0 spiro atoms. The number of hydrogen-bond acceptors (Lipinski definition) is 2. The van der Waals surface area contributed by atoms with Gasteiger partial charge in [0.15, 0.2) is 11.6 Å². The second-order valence-electron chi connectivity index (χ2n) is 7.66. The van der Waals surface area contributed by atoms with E-state index in [-0.39, 0.29) is 32.0 Å². The number of ketones is 2. The number of carbonyl (C=O) groups is 2. The standard InChI is InChI=1S/C26H32N2O2.Pd/c1-17-7-9-23(13-19(17)3)25(29)15-21(5)27-11-12-28-22(6)16-26(30)24-10-8-18(2)20(4)14-24;/h7-10,13-16H,11-12H2,1-6H3,(H2,27,28,29,30);/q;+2/p-2. The van der Waals surface area contributed by atoms with Gasteiger partial charge in [0.05, 0.1) is 0 Å². The summed E-state index contributed by atoms with van der Waals surface area (Å²) in [5.41, 5.74) is 7.20. The van der Waals surface area contributed by atoms with E-state index in [9.17, 15) is 9.59 Å². The third-order valence-electron chi connectivity index (χ3n) is 5.09. The van der Waals surface area contributed by atoms with Gasteiger partial charge in [-0.2, -0.15) is 11.4 Å². The topological polar surface area (TPSA) is 62.3 Å². The first kappa shape index (κ1) is 26.6. The summed E-state index contributed by atoms with van der Waals surface area (Å²) in [5.74, 6) is -0.0993. The van der Waals surface area contributed by atoms with Crippen LogP contribution in [0.5, 0.6) is 0 Å². The Kier molecular flexibility index (Phi) is 10.6. The van der Waals surface area contributed by atoms with Gasteiger partial charge in [0.1, 0.15) is 0 Å². The minimum absolute atomic E-state index is 0. The van der Waals surface area contributed by atoms with E-state index in [0.717, 1.165) is 22.3 Å². The van der Waals surface area contributed by atoms with Crippen LogP contribution in [0.2, 0.25) is 0 Å². The van der Waals surface area contributed by atoms with Crippen molar-refractivity contribution in [2.75, 3.05) is 13.1 Å². The van der Waals surface area contributed by atoms with Gasteiger partial charge in [-0.05, 0) is 74.2 Å². The molecule has 5 heteroatoms. The molecule has 0 N–H and O–H groups in total. The van der Waals surface area contributed by atoms with Crippen LogP contribution in [0, 0.1) is 27.7 Å². The molecule has 166 valence electrons. The molecule has 0 amide bonds. The van der Waals surface area contributed by atoms with Crippen LogP contribution in [0.25, 0.3) is 10.6 Å². The summed E-state index contributed by atoms with van der Waals surface area (Å²) in [6, 6.07) is 11.4. The zero-order valence-electron chi connectivity index (χ0n) is 19.1. The molecule has 4 nitrogen and oxygen atoms in total. The van der Waals surface area contributed by atoms with E-state index in [2.05, 4.69) is 10.6 Å². The van der Waals surface area contributed by atoms with Crippen LogP contribution < -0.4 is 0 Å². The summed E-state index contributed by atoms with van der Waals surface area (Å²) in [6.07, 6.45) is 3.10. The molecule has 0 aromatic heterocycles. The number of carbonyl (C=O) groups excluding carboxylic acids is 2. The number of allylic oxidation sites excluding steroid dienone is 4. The van der Waals surface area contributed by atoms with Crippen molar-refractivity contribution in [3.05, 3.63) is 104 Å². The quantitative estimate of drug-likeness (QED) is 0.167. The summed E-state index contributed by atoms with van der Waals surface area (Å²) in [6.45, 7) is 12.6. The molecule has 31 heavy (non-hydrogen) atoms. The van der Waals surface area contributed by atoms with E-state index < -0.39 is 0 Å². The SMILES string of the molecule is C/C(=C/C(=O)c1ccc(C)c(C)c1)[N-]CC[N-]/C(C)=C\C(=O)c1ccc(C)c(C)c1.[Pd+2]. The molecule has 0 aliphatic heterocycles. The molecule has 0 radical (unpaired) electrons. The fraction of sp³-hybridized carbons (Fsp3) is 0.308. The Hall–Kier alpha value is -2.48. The first-order valence-corrected chi connectivity index (χ1v) is 10.1. The van der Waals surface area contributed by atoms with Crippen molar-refractivity contribution in [1.82, 2.24) is 0 Å². The van der Waals surface area contributed by atoms with Crippen molar-refractivity contribution in [2.24, 2.45) is 0 Å². The Bertz CT molecular complexity index is 925. The molecule has 0 bridgehead atoms. The van der Waals surface area contributed by atoms with Crippen LogP contribution in [0.1, 0.15) is 56.8 Å². The van der Waals surface area contributed by atoms with Gasteiger partial charge in [0, 0.05) is 11.1 Å². The fourth-order valence-corrected chi connectivity index (χ4v) is 2.88. The predicted octanol–water partition coefficient (Wildman–Crippen LogP) is 6.54. The van der Waals surface area contributed by atoms with Gasteiger partial charge in [-0.25, -0.2) is 0 Å². The van der Waals surface area contributed by atoms with Gasteiger partial charge in [-0.3, -0.25) is 9.59 Å². The molecular formula is C26H30N2O2Pd. The van der Waals surface area contributed by atoms with E-state index in [1.165, 1.54) is 0 Å². The van der Waals surface area contributed by atoms with Gasteiger partial charge < -0.3 is 10.6 Å². The van der Waals surface area contributed by atoms with Crippen LogP contribution >= 0.6 is 0 Å². The van der Waals surface area contributed by atoms with E-state index in [1.54, 1.807) is 12.2 Å². The van der Waals surface area contributed by atoms with Crippen molar-refractivity contribution in [1.29, 1.82) is 0 Å². The van der Waals surface area contributed by atoms with E-state index in [1.807, 2.05) is 77.9 Å². The Morgan fingerprint density at radius 3 is 1.35 bits per heavy atom. The number of hydrogen-bond donors (Lipinski definition) is 0. The monoisotopic (exact) mass is 508 g/mol. The summed E-state index contributed by atoms with van der Waals surface area (Å²) in [7, 11) is 0. The second-order valence-corrected chi connectivity index (χ2v) is 7.66. The average Bonchev–Trinajstić information content (AvgIpc) is 2.69. The molecule has 0 aliphatic carbocycles. The first-order chi connectivity index (χ1) is 14.2. The zero-order valence-corrected chi connectivity index (χ0v) is 20.6. The van der Waals surface area contributed by atoms with Gasteiger partial charge in [0.25, 0.3) is 0 Å². The number of nitrogens with zero attached hydrogens (tertiary/aromatic N) is 2. The van der Waals surface area contributed by atoms with Crippen LogP contribution in [0.4, 0.5) is 0 Å². The van der Waals surface area contributed by atoms with Crippen molar-refractivity contribution < 1.29 is 30.0 Å². The Morgan fingerprint density at radius 2 is 1.03 bits per heavy atom. The summed E-state index contributed by atoms with van der Waals surface area (Å²) in [4.78, 5) is 24.7. The second kappa shape index (κ2) is 12.4. The van der Waals surface area contributed by atoms with Gasteiger partial charge in [-0.15, -0.1) is 13.1 Å². The molecule has 0 heterocycles. The normalized spacial score (nSPS) is 11.5. The summed E-state index contributed by atoms with van der Waals surface area (Å²) in [5, 5.41) is 8.79. The molecule has 2 aromatic rings. The van der Waals surface area contributed by atoms with Gasteiger partial charge >= 0.3 is 20.4 Å². The molecule has 0 atom stereocenters. The molecule has 0 fully saturated rings. The number of benzene rings is 2. The van der Waals surface area contributed by atoms with Gasteiger partial charge in [0.2, 0.25) is 0 Å². The van der Waals surface area contributed by atoms with E-state index >= 15 is 0 Å². The number of rotatable bonds is 9. The molecule has 2 aromatic carbocycles. The van der Waals surface area contributed by atoms with Crippen molar-refractivity contribution in [3.63, 3.8) is 0 Å². The summed E-state index contributed by atoms with van der Waals surface area (Å²) >= 11 is 0. The van der Waals surface area contributed by atoms with Crippen LogP contribution in [0.3, 0.4) is 0 Å². The van der Waals surface area contributed by atoms with Crippen molar-refractivity contribution in [3.8, 4) is 0 Å². The van der Waals surface area contributed by atoms with Gasteiger partial charge in [-0.1, -0.05) is 38.1 Å². The average molecular weight is 509 g/mol. The molecule has 2 rings (SSSR count). The maximum atomic E-state index is 12.4. The van der Waals surface area contributed by atoms with Crippen LogP contribution in [-0.4, -0.2) is 24.7 Å². The maximum Gasteiger partial charge on any atom is 2.00 e. The van der Waals surface area contributed by atoms with Crippen molar-refractivity contribution in [2.45, 2.75) is 41.5 Å². The maximum absolute atomic E-state index is 12.4. The summed E-state index contributed by atoms with van der Waals surface area (Å²) < 4.78 is 0. The Morgan fingerprint density at radius 1 is 0.677 bits per heavy atom. The molecule has 0 unspecified atom stereocenters. The van der Waals surface area contributed by atoms with Crippen LogP contribution in [-0.2, 0) is 20.4 Å². The largest absolute Gasteiger partial charge is 2.00 e. The minimum atomic E-state index is -0.0497. The van der Waals surface area contributed by atoms with E-state index in [4.69, 9.17) is 0 Å². The smallest absolute Gasteiger partial charge is 0.689 e. The van der Waals surface area contributed by atoms with Crippen molar-refractivity contribution >= 4 is 11.6 Å². The van der Waals surface area contributed by atoms with Crippen LogP contribution in [0.15, 0.2) is 59.9 Å². The Balaban J connectivity index is 0.00000480. The number of aryl methyl sites for hydroxylation is 4. The molecule has 0 saturated heterocycles. The third-order valence-corrected chi connectivity index (χ3v) is 5.09. The predicted molar refractivity (Wildman–Crippen MR) is 124 cm³/mol. The Labute approximate surface area is 199 Å². The van der Waals surface area contributed by atoms with E-state index in [0.29, 0.717) is 35.6 Å². The zero-order chi connectivity index (χ0) is 22.3. The molecular weight excluding hydrogens is 479 g/mol. The third kappa shape index (κ3) is 8.28. The molecule has 0 saturated carbocycles. The first-order valence-electron chi connectivity index (χ1n) is 10.1. The molecule has 0 aliphatic rings.